The SMILES string of the molecule is COC(=O)Oc1ccc(C(=O)c2ccccc2)c(OC)c1. The van der Waals surface area contributed by atoms with Crippen molar-refractivity contribution in [3.05, 3.63) is 59.7 Å². The fraction of sp³-hybridized carbons (Fsp3) is 0.125. The fourth-order valence-corrected chi connectivity index (χ4v) is 1.81. The van der Waals surface area contributed by atoms with E-state index in [9.17, 15) is 9.59 Å². The number of methoxy groups -OCH3 is 2. The number of carbonyl (C=O) groups is 2. The van der Waals surface area contributed by atoms with Gasteiger partial charge in [0, 0.05) is 11.6 Å². The summed E-state index contributed by atoms with van der Waals surface area (Å²) in [5, 5.41) is 0. The Kier molecular flexibility index (Phi) is 4.56. The van der Waals surface area contributed by atoms with Crippen molar-refractivity contribution in [1.29, 1.82) is 0 Å². The van der Waals surface area contributed by atoms with Gasteiger partial charge >= 0.3 is 6.16 Å². The Balaban J connectivity index is 2.32. The van der Waals surface area contributed by atoms with E-state index < -0.39 is 6.16 Å². The van der Waals surface area contributed by atoms with Gasteiger partial charge in [0.1, 0.15) is 11.5 Å². The lowest BCUT2D eigenvalue weighted by Gasteiger charge is -2.10. The quantitative estimate of drug-likeness (QED) is 0.491. The Morgan fingerprint density at radius 2 is 1.67 bits per heavy atom. The van der Waals surface area contributed by atoms with Gasteiger partial charge in [-0.25, -0.2) is 4.79 Å². The molecule has 0 atom stereocenters. The van der Waals surface area contributed by atoms with Crippen LogP contribution in [-0.4, -0.2) is 26.2 Å². The molecule has 0 N–H and O–H groups in total. The van der Waals surface area contributed by atoms with Gasteiger partial charge in [-0.05, 0) is 12.1 Å². The van der Waals surface area contributed by atoms with Crippen LogP contribution in [0.2, 0.25) is 0 Å². The van der Waals surface area contributed by atoms with Gasteiger partial charge in [-0.15, -0.1) is 0 Å². The zero-order valence-corrected chi connectivity index (χ0v) is 11.7. The zero-order chi connectivity index (χ0) is 15.2. The summed E-state index contributed by atoms with van der Waals surface area (Å²) in [4.78, 5) is 23.5. The molecule has 0 saturated heterocycles. The van der Waals surface area contributed by atoms with E-state index in [4.69, 9.17) is 9.47 Å². The standard InChI is InChI=1S/C16H14O5/c1-19-14-10-12(21-16(18)20-2)8-9-13(14)15(17)11-6-4-3-5-7-11/h3-10H,1-2H3. The minimum Gasteiger partial charge on any atom is -0.496 e. The van der Waals surface area contributed by atoms with Crippen molar-refractivity contribution in [2.24, 2.45) is 0 Å². The highest BCUT2D eigenvalue weighted by molar-refractivity contribution is 6.10. The highest BCUT2D eigenvalue weighted by Crippen LogP contribution is 2.27. The zero-order valence-electron chi connectivity index (χ0n) is 11.7. The van der Waals surface area contributed by atoms with Crippen LogP contribution in [0.3, 0.4) is 0 Å². The summed E-state index contributed by atoms with van der Waals surface area (Å²) in [6.07, 6.45) is -0.834. The molecule has 108 valence electrons. The Morgan fingerprint density at radius 3 is 2.29 bits per heavy atom. The molecule has 0 unspecified atom stereocenters. The van der Waals surface area contributed by atoms with Crippen LogP contribution in [0.15, 0.2) is 48.5 Å². The molecule has 0 spiro atoms. The number of hydrogen-bond acceptors (Lipinski definition) is 5. The Hall–Kier alpha value is -2.82. The first-order chi connectivity index (χ1) is 10.2. The maximum absolute atomic E-state index is 12.4. The number of rotatable bonds is 4. The molecule has 0 heterocycles. The smallest absolute Gasteiger partial charge is 0.496 e. The van der Waals surface area contributed by atoms with Crippen LogP contribution in [0, 0.1) is 0 Å². The topological polar surface area (TPSA) is 61.8 Å². The predicted molar refractivity (Wildman–Crippen MR) is 75.9 cm³/mol. The van der Waals surface area contributed by atoms with Gasteiger partial charge in [0.25, 0.3) is 0 Å². The molecular formula is C16H14O5. The summed E-state index contributed by atoms with van der Waals surface area (Å²) in [6.45, 7) is 0. The third-order valence-electron chi connectivity index (χ3n) is 2.82. The lowest BCUT2D eigenvalue weighted by Crippen LogP contribution is -2.08. The van der Waals surface area contributed by atoms with Gasteiger partial charge in [0.05, 0.1) is 19.8 Å². The van der Waals surface area contributed by atoms with Crippen molar-refractivity contribution >= 4 is 11.9 Å². The molecule has 2 aromatic carbocycles. The number of benzene rings is 2. The molecule has 0 aromatic heterocycles. The van der Waals surface area contributed by atoms with Gasteiger partial charge in [0.2, 0.25) is 0 Å². The highest BCUT2D eigenvalue weighted by Gasteiger charge is 2.16. The van der Waals surface area contributed by atoms with Crippen LogP contribution in [0.5, 0.6) is 11.5 Å². The highest BCUT2D eigenvalue weighted by atomic mass is 16.7. The lowest BCUT2D eigenvalue weighted by molar-refractivity contribution is 0.103. The Bertz CT molecular complexity index is 649. The summed E-state index contributed by atoms with van der Waals surface area (Å²) in [7, 11) is 2.66. The Labute approximate surface area is 122 Å². The van der Waals surface area contributed by atoms with Crippen LogP contribution in [0.4, 0.5) is 4.79 Å². The molecule has 2 rings (SSSR count). The van der Waals surface area contributed by atoms with Crippen molar-refractivity contribution in [1.82, 2.24) is 0 Å². The number of ether oxygens (including phenoxy) is 3. The molecule has 5 nitrogen and oxygen atoms in total. The molecule has 5 heteroatoms. The van der Waals surface area contributed by atoms with E-state index in [1.54, 1.807) is 30.3 Å². The molecule has 0 bridgehead atoms. The van der Waals surface area contributed by atoms with Gasteiger partial charge < -0.3 is 14.2 Å². The summed E-state index contributed by atoms with van der Waals surface area (Å²) in [5.41, 5.74) is 0.943. The van der Waals surface area contributed by atoms with Crippen molar-refractivity contribution in [2.75, 3.05) is 14.2 Å². The van der Waals surface area contributed by atoms with Gasteiger partial charge in [-0.2, -0.15) is 0 Å². The van der Waals surface area contributed by atoms with Gasteiger partial charge in [-0.1, -0.05) is 30.3 Å². The van der Waals surface area contributed by atoms with Crippen LogP contribution in [-0.2, 0) is 4.74 Å². The average Bonchev–Trinajstić information content (AvgIpc) is 2.54. The van der Waals surface area contributed by atoms with Gasteiger partial charge in [-0.3, -0.25) is 4.79 Å². The molecule has 0 aliphatic heterocycles. The maximum atomic E-state index is 12.4. The average molecular weight is 286 g/mol. The van der Waals surface area contributed by atoms with Crippen molar-refractivity contribution in [2.45, 2.75) is 0 Å². The second kappa shape index (κ2) is 6.56. The minimum atomic E-state index is -0.834. The summed E-state index contributed by atoms with van der Waals surface area (Å²) in [6, 6.07) is 13.4. The summed E-state index contributed by atoms with van der Waals surface area (Å²) in [5.74, 6) is 0.394. The Morgan fingerprint density at radius 1 is 0.952 bits per heavy atom. The van der Waals surface area contributed by atoms with E-state index in [2.05, 4.69) is 4.74 Å². The first-order valence-electron chi connectivity index (χ1n) is 6.19. The van der Waals surface area contributed by atoms with Crippen LogP contribution < -0.4 is 9.47 Å². The minimum absolute atomic E-state index is 0.169. The lowest BCUT2D eigenvalue weighted by atomic mass is 10.0. The third kappa shape index (κ3) is 3.39. The third-order valence-corrected chi connectivity index (χ3v) is 2.82. The first kappa shape index (κ1) is 14.6. The van der Waals surface area contributed by atoms with Crippen LogP contribution >= 0.6 is 0 Å². The summed E-state index contributed by atoms with van der Waals surface area (Å²) < 4.78 is 14.5. The van der Waals surface area contributed by atoms with Crippen LogP contribution in [0.25, 0.3) is 0 Å². The van der Waals surface area contributed by atoms with Crippen molar-refractivity contribution in [3.63, 3.8) is 0 Å². The molecular weight excluding hydrogens is 272 g/mol. The normalized spacial score (nSPS) is 9.81. The first-order valence-corrected chi connectivity index (χ1v) is 6.19. The van der Waals surface area contributed by atoms with E-state index >= 15 is 0 Å². The van der Waals surface area contributed by atoms with Crippen molar-refractivity contribution in [3.8, 4) is 11.5 Å². The van der Waals surface area contributed by atoms with Crippen molar-refractivity contribution < 1.29 is 23.8 Å². The molecule has 2 aromatic rings. The fourth-order valence-electron chi connectivity index (χ4n) is 1.81. The molecule has 0 amide bonds. The number of hydrogen-bond donors (Lipinski definition) is 0. The van der Waals surface area contributed by atoms with E-state index in [0.29, 0.717) is 16.9 Å². The number of carbonyl (C=O) groups excluding carboxylic acids is 2. The molecule has 0 aliphatic rings. The predicted octanol–water partition coefficient (Wildman–Crippen LogP) is 3.07. The van der Waals surface area contributed by atoms with E-state index in [-0.39, 0.29) is 11.5 Å². The molecule has 21 heavy (non-hydrogen) atoms. The second-order valence-electron chi connectivity index (χ2n) is 4.11. The maximum Gasteiger partial charge on any atom is 0.513 e. The summed E-state index contributed by atoms with van der Waals surface area (Å²) >= 11 is 0. The number of ketones is 1. The van der Waals surface area contributed by atoms with E-state index in [1.807, 2.05) is 6.07 Å². The van der Waals surface area contributed by atoms with E-state index in [0.717, 1.165) is 0 Å². The van der Waals surface area contributed by atoms with Crippen LogP contribution in [0.1, 0.15) is 15.9 Å². The largest absolute Gasteiger partial charge is 0.513 e. The van der Waals surface area contributed by atoms with E-state index in [1.165, 1.54) is 26.4 Å². The monoisotopic (exact) mass is 286 g/mol. The molecule has 0 radical (unpaired) electrons. The second-order valence-corrected chi connectivity index (χ2v) is 4.11. The van der Waals surface area contributed by atoms with Gasteiger partial charge in [0.15, 0.2) is 5.78 Å². The molecule has 0 fully saturated rings. The molecule has 0 aliphatic carbocycles. The molecule has 0 saturated carbocycles.